The molecule has 5 nitrogen and oxygen atoms in total. The summed E-state index contributed by atoms with van der Waals surface area (Å²) in [5.74, 6) is 0.369. The molecule has 0 bridgehead atoms. The Morgan fingerprint density at radius 3 is 2.47 bits per heavy atom. The van der Waals surface area contributed by atoms with Crippen LogP contribution < -0.4 is 0 Å². The fourth-order valence-electron chi connectivity index (χ4n) is 0.909. The maximum atomic E-state index is 10.4. The van der Waals surface area contributed by atoms with Gasteiger partial charge in [-0.3, -0.25) is 10.1 Å². The van der Waals surface area contributed by atoms with Crippen molar-refractivity contribution >= 4 is 17.4 Å². The van der Waals surface area contributed by atoms with Gasteiger partial charge in [0.1, 0.15) is 0 Å². The Labute approximate surface area is 90.9 Å². The molecular formula is C9H11NO4S. The van der Waals surface area contributed by atoms with E-state index >= 15 is 0 Å². The van der Waals surface area contributed by atoms with Crippen molar-refractivity contribution < 1.29 is 15.1 Å². The first-order valence-electron chi connectivity index (χ1n) is 4.29. The van der Waals surface area contributed by atoms with Crippen molar-refractivity contribution in [3.8, 4) is 0 Å². The first-order chi connectivity index (χ1) is 7.13. The van der Waals surface area contributed by atoms with Gasteiger partial charge in [0.2, 0.25) is 0 Å². The maximum Gasteiger partial charge on any atom is 0.269 e. The molecule has 0 fully saturated rings. The van der Waals surface area contributed by atoms with Gasteiger partial charge in [-0.2, -0.15) is 0 Å². The zero-order valence-corrected chi connectivity index (χ0v) is 8.68. The van der Waals surface area contributed by atoms with Crippen molar-refractivity contribution in [1.29, 1.82) is 0 Å². The van der Waals surface area contributed by atoms with Gasteiger partial charge in [0.05, 0.1) is 17.6 Å². The Balaban J connectivity index is 2.53. The number of hydrogen-bond acceptors (Lipinski definition) is 5. The molecule has 0 heterocycles. The molecule has 1 unspecified atom stereocenters. The van der Waals surface area contributed by atoms with Crippen LogP contribution in [0, 0.1) is 10.1 Å². The summed E-state index contributed by atoms with van der Waals surface area (Å²) in [6.07, 6.45) is -0.759. The molecule has 82 valence electrons. The SMILES string of the molecule is O=[N+]([O-])c1ccc(SCC(O)CO)cc1. The largest absolute Gasteiger partial charge is 0.394 e. The Kier molecular flexibility index (Phi) is 4.54. The Bertz CT molecular complexity index is 327. The first-order valence-corrected chi connectivity index (χ1v) is 5.28. The fraction of sp³-hybridized carbons (Fsp3) is 0.333. The van der Waals surface area contributed by atoms with Gasteiger partial charge in [-0.25, -0.2) is 0 Å². The third-order valence-electron chi connectivity index (χ3n) is 1.70. The van der Waals surface area contributed by atoms with E-state index in [-0.39, 0.29) is 12.3 Å². The lowest BCUT2D eigenvalue weighted by Crippen LogP contribution is -2.14. The summed E-state index contributed by atoms with van der Waals surface area (Å²) in [6, 6.07) is 6.06. The second-order valence-electron chi connectivity index (χ2n) is 2.90. The van der Waals surface area contributed by atoms with E-state index in [1.54, 1.807) is 12.1 Å². The summed E-state index contributed by atoms with van der Waals surface area (Å²) in [5.41, 5.74) is 0.0436. The zero-order chi connectivity index (χ0) is 11.3. The van der Waals surface area contributed by atoms with Gasteiger partial charge in [-0.05, 0) is 12.1 Å². The van der Waals surface area contributed by atoms with E-state index in [1.165, 1.54) is 23.9 Å². The molecule has 0 saturated heterocycles. The molecule has 0 amide bonds. The lowest BCUT2D eigenvalue weighted by molar-refractivity contribution is -0.384. The summed E-state index contributed by atoms with van der Waals surface area (Å²) >= 11 is 1.34. The number of aliphatic hydroxyl groups excluding tert-OH is 2. The van der Waals surface area contributed by atoms with Crippen molar-refractivity contribution in [1.82, 2.24) is 0 Å². The molecule has 6 heteroatoms. The highest BCUT2D eigenvalue weighted by atomic mass is 32.2. The molecule has 1 aromatic carbocycles. The summed E-state index contributed by atoms with van der Waals surface area (Å²) in [4.78, 5) is 10.7. The normalized spacial score (nSPS) is 12.4. The lowest BCUT2D eigenvalue weighted by atomic mass is 10.3. The second-order valence-corrected chi connectivity index (χ2v) is 3.99. The van der Waals surface area contributed by atoms with Gasteiger partial charge in [-0.15, -0.1) is 11.8 Å². The van der Waals surface area contributed by atoms with Crippen molar-refractivity contribution in [3.05, 3.63) is 34.4 Å². The topological polar surface area (TPSA) is 83.6 Å². The standard InChI is InChI=1S/C9H11NO4S/c11-5-8(12)6-15-9-3-1-7(2-4-9)10(13)14/h1-4,8,11-12H,5-6H2. The van der Waals surface area contributed by atoms with Crippen LogP contribution in [0.3, 0.4) is 0 Å². The quantitative estimate of drug-likeness (QED) is 0.448. The number of non-ortho nitro benzene ring substituents is 1. The highest BCUT2D eigenvalue weighted by molar-refractivity contribution is 7.99. The number of hydrogen-bond donors (Lipinski definition) is 2. The average molecular weight is 229 g/mol. The van der Waals surface area contributed by atoms with E-state index in [2.05, 4.69) is 0 Å². The summed E-state index contributed by atoms with van der Waals surface area (Å²) in [6.45, 7) is -0.278. The Morgan fingerprint density at radius 2 is 2.00 bits per heavy atom. The minimum atomic E-state index is -0.759. The molecule has 1 rings (SSSR count). The number of benzene rings is 1. The Hall–Kier alpha value is -1.11. The van der Waals surface area contributed by atoms with Gasteiger partial charge < -0.3 is 10.2 Å². The molecule has 0 aliphatic heterocycles. The van der Waals surface area contributed by atoms with E-state index in [9.17, 15) is 10.1 Å². The van der Waals surface area contributed by atoms with Gasteiger partial charge in [0.25, 0.3) is 5.69 Å². The van der Waals surface area contributed by atoms with E-state index in [4.69, 9.17) is 10.2 Å². The molecule has 0 aliphatic carbocycles. The maximum absolute atomic E-state index is 10.4. The van der Waals surface area contributed by atoms with E-state index in [0.717, 1.165) is 4.90 Å². The van der Waals surface area contributed by atoms with Crippen LogP contribution >= 0.6 is 11.8 Å². The van der Waals surface area contributed by atoms with Gasteiger partial charge in [-0.1, -0.05) is 0 Å². The van der Waals surface area contributed by atoms with Crippen LogP contribution in [0.5, 0.6) is 0 Å². The fourth-order valence-corrected chi connectivity index (χ4v) is 1.73. The molecule has 0 aliphatic rings. The summed E-state index contributed by atoms with van der Waals surface area (Å²) in [7, 11) is 0. The minimum absolute atomic E-state index is 0.0436. The van der Waals surface area contributed by atoms with Crippen molar-refractivity contribution in [2.24, 2.45) is 0 Å². The summed E-state index contributed by atoms with van der Waals surface area (Å²) in [5, 5.41) is 28.0. The van der Waals surface area contributed by atoms with Crippen molar-refractivity contribution in [3.63, 3.8) is 0 Å². The van der Waals surface area contributed by atoms with Gasteiger partial charge in [0.15, 0.2) is 0 Å². The summed E-state index contributed by atoms with van der Waals surface area (Å²) < 4.78 is 0. The molecule has 15 heavy (non-hydrogen) atoms. The number of nitro benzene ring substituents is 1. The lowest BCUT2D eigenvalue weighted by Gasteiger charge is -2.05. The monoisotopic (exact) mass is 229 g/mol. The van der Waals surface area contributed by atoms with Crippen LogP contribution in [0.2, 0.25) is 0 Å². The zero-order valence-electron chi connectivity index (χ0n) is 7.87. The van der Waals surface area contributed by atoms with Crippen LogP contribution in [-0.4, -0.2) is 33.6 Å². The molecule has 2 N–H and O–H groups in total. The van der Waals surface area contributed by atoms with Gasteiger partial charge in [0, 0.05) is 22.8 Å². The Morgan fingerprint density at radius 1 is 1.40 bits per heavy atom. The minimum Gasteiger partial charge on any atom is -0.394 e. The highest BCUT2D eigenvalue weighted by Gasteiger charge is 2.06. The number of aliphatic hydroxyl groups is 2. The van der Waals surface area contributed by atoms with Crippen molar-refractivity contribution in [2.45, 2.75) is 11.0 Å². The number of nitro groups is 1. The van der Waals surface area contributed by atoms with Crippen LogP contribution in [0.15, 0.2) is 29.2 Å². The molecule has 0 spiro atoms. The van der Waals surface area contributed by atoms with Crippen LogP contribution in [0.25, 0.3) is 0 Å². The van der Waals surface area contributed by atoms with E-state index in [0.29, 0.717) is 5.75 Å². The average Bonchev–Trinajstić information content (AvgIpc) is 2.26. The van der Waals surface area contributed by atoms with Crippen LogP contribution in [0.4, 0.5) is 5.69 Å². The number of nitrogens with zero attached hydrogens (tertiary/aromatic N) is 1. The van der Waals surface area contributed by atoms with Crippen LogP contribution in [0.1, 0.15) is 0 Å². The predicted molar refractivity (Wildman–Crippen MR) is 56.9 cm³/mol. The molecular weight excluding hydrogens is 218 g/mol. The predicted octanol–water partition coefficient (Wildman–Crippen LogP) is 1.04. The molecule has 1 atom stereocenters. The highest BCUT2D eigenvalue weighted by Crippen LogP contribution is 2.21. The molecule has 0 radical (unpaired) electrons. The third kappa shape index (κ3) is 3.86. The molecule has 0 saturated carbocycles. The molecule has 0 aromatic heterocycles. The van der Waals surface area contributed by atoms with E-state index < -0.39 is 11.0 Å². The molecule has 1 aromatic rings. The number of rotatable bonds is 5. The van der Waals surface area contributed by atoms with Gasteiger partial charge >= 0.3 is 0 Å². The first kappa shape index (κ1) is 12.0. The second kappa shape index (κ2) is 5.69. The van der Waals surface area contributed by atoms with Crippen molar-refractivity contribution in [2.75, 3.05) is 12.4 Å². The third-order valence-corrected chi connectivity index (χ3v) is 2.86. The smallest absolute Gasteiger partial charge is 0.269 e. The van der Waals surface area contributed by atoms with Crippen LogP contribution in [-0.2, 0) is 0 Å². The van der Waals surface area contributed by atoms with E-state index in [1.807, 2.05) is 0 Å². The number of thioether (sulfide) groups is 1.